The number of amides is 3. The van der Waals surface area contributed by atoms with Crippen molar-refractivity contribution in [1.82, 2.24) is 14.7 Å². The number of urea groups is 1. The Hall–Kier alpha value is -2.65. The lowest BCUT2D eigenvalue weighted by Gasteiger charge is -2.40. The highest BCUT2D eigenvalue weighted by atomic mass is 35.5. The number of nitrogens with one attached hydrogen (secondary N) is 1. The topological polar surface area (TPSA) is 55.9 Å². The fourth-order valence-electron chi connectivity index (χ4n) is 5.33. The van der Waals surface area contributed by atoms with E-state index in [4.69, 9.17) is 23.2 Å². The standard InChI is InChI=1S/C28H29Cl2FN4O2S/c1-18-17-34(12-13-35(18)28(37)32-21-5-6-23(29)24(30)16-21)26(36)8-11-33-10-7-25-22(9-14-38-25)27(33)19-3-2-4-20(31)15-19/h2-6,9,14-16,18,27H,7-8,10-13,17H2,1H3,(H,32,37)/t18-,27+/m0/s1. The lowest BCUT2D eigenvalue weighted by molar-refractivity contribution is -0.134. The molecule has 1 aromatic heterocycles. The molecule has 3 heterocycles. The van der Waals surface area contributed by atoms with Crippen LogP contribution in [0.25, 0.3) is 0 Å². The van der Waals surface area contributed by atoms with Gasteiger partial charge in [0.2, 0.25) is 5.91 Å². The van der Waals surface area contributed by atoms with E-state index in [-0.39, 0.29) is 29.8 Å². The van der Waals surface area contributed by atoms with Gasteiger partial charge in [-0.2, -0.15) is 0 Å². The van der Waals surface area contributed by atoms with Gasteiger partial charge in [0.25, 0.3) is 0 Å². The summed E-state index contributed by atoms with van der Waals surface area (Å²) in [6.45, 7) is 4.73. The van der Waals surface area contributed by atoms with Gasteiger partial charge in [-0.1, -0.05) is 35.3 Å². The summed E-state index contributed by atoms with van der Waals surface area (Å²) < 4.78 is 14.1. The zero-order valence-electron chi connectivity index (χ0n) is 21.0. The highest BCUT2D eigenvalue weighted by molar-refractivity contribution is 7.10. The Bertz CT molecular complexity index is 1340. The van der Waals surface area contributed by atoms with Gasteiger partial charge in [0, 0.05) is 55.8 Å². The summed E-state index contributed by atoms with van der Waals surface area (Å²) in [7, 11) is 0. The molecule has 2 aliphatic rings. The van der Waals surface area contributed by atoms with Gasteiger partial charge in [0.15, 0.2) is 0 Å². The normalized spacial score (nSPS) is 19.8. The summed E-state index contributed by atoms with van der Waals surface area (Å²) in [6.07, 6.45) is 1.30. The second kappa shape index (κ2) is 11.6. The van der Waals surface area contributed by atoms with Crippen LogP contribution in [-0.2, 0) is 11.2 Å². The maximum atomic E-state index is 14.1. The van der Waals surface area contributed by atoms with Crippen molar-refractivity contribution in [2.24, 2.45) is 0 Å². The number of fused-ring (bicyclic) bond motifs is 1. The van der Waals surface area contributed by atoms with Crippen molar-refractivity contribution in [2.75, 3.05) is 38.0 Å². The Labute approximate surface area is 235 Å². The SMILES string of the molecule is C[C@H]1CN(C(=O)CCN2CCc3sccc3[C@H]2c2cccc(F)c2)CCN1C(=O)Nc1ccc(Cl)c(Cl)c1. The van der Waals surface area contributed by atoms with Crippen LogP contribution in [0.2, 0.25) is 10.0 Å². The Balaban J connectivity index is 1.19. The smallest absolute Gasteiger partial charge is 0.322 e. The van der Waals surface area contributed by atoms with Gasteiger partial charge in [0.05, 0.1) is 16.1 Å². The van der Waals surface area contributed by atoms with E-state index >= 15 is 0 Å². The van der Waals surface area contributed by atoms with Crippen LogP contribution < -0.4 is 5.32 Å². The number of carbonyl (C=O) groups is 2. The molecule has 38 heavy (non-hydrogen) atoms. The second-order valence-electron chi connectivity index (χ2n) is 9.73. The van der Waals surface area contributed by atoms with Crippen molar-refractivity contribution in [3.63, 3.8) is 0 Å². The van der Waals surface area contributed by atoms with Crippen LogP contribution in [0.3, 0.4) is 0 Å². The summed E-state index contributed by atoms with van der Waals surface area (Å²) in [6, 6.07) is 13.4. The quantitative estimate of drug-likeness (QED) is 0.389. The average Bonchev–Trinajstić information content (AvgIpc) is 3.38. The van der Waals surface area contributed by atoms with Crippen molar-refractivity contribution in [3.05, 3.63) is 85.8 Å². The third kappa shape index (κ3) is 5.83. The lowest BCUT2D eigenvalue weighted by Crippen LogP contribution is -2.56. The molecular weight excluding hydrogens is 546 g/mol. The molecule has 0 unspecified atom stereocenters. The highest BCUT2D eigenvalue weighted by Crippen LogP contribution is 2.38. The van der Waals surface area contributed by atoms with Gasteiger partial charge in [-0.3, -0.25) is 9.69 Å². The number of piperazine rings is 1. The Morgan fingerprint density at radius 1 is 1.08 bits per heavy atom. The first-order valence-electron chi connectivity index (χ1n) is 12.7. The molecule has 0 radical (unpaired) electrons. The van der Waals surface area contributed by atoms with E-state index in [1.165, 1.54) is 16.5 Å². The summed E-state index contributed by atoms with van der Waals surface area (Å²) in [5.41, 5.74) is 2.68. The molecule has 1 fully saturated rings. The molecule has 6 nitrogen and oxygen atoms in total. The third-order valence-electron chi connectivity index (χ3n) is 7.25. The van der Waals surface area contributed by atoms with E-state index in [0.717, 1.165) is 18.5 Å². The van der Waals surface area contributed by atoms with E-state index in [2.05, 4.69) is 21.7 Å². The van der Waals surface area contributed by atoms with Crippen molar-refractivity contribution in [2.45, 2.75) is 31.8 Å². The number of rotatable bonds is 5. The molecule has 2 aliphatic heterocycles. The minimum Gasteiger partial charge on any atom is -0.339 e. The minimum absolute atomic E-state index is 0.0608. The monoisotopic (exact) mass is 574 g/mol. The van der Waals surface area contributed by atoms with E-state index in [0.29, 0.717) is 48.3 Å². The van der Waals surface area contributed by atoms with E-state index in [1.807, 2.05) is 17.9 Å². The van der Waals surface area contributed by atoms with Gasteiger partial charge >= 0.3 is 6.03 Å². The summed E-state index contributed by atoms with van der Waals surface area (Å²) >= 11 is 13.8. The fraction of sp³-hybridized carbons (Fsp3) is 0.357. The number of thiophene rings is 1. The summed E-state index contributed by atoms with van der Waals surface area (Å²) in [5.74, 6) is -0.188. The first-order chi connectivity index (χ1) is 18.3. The van der Waals surface area contributed by atoms with Gasteiger partial charge in [-0.25, -0.2) is 9.18 Å². The third-order valence-corrected chi connectivity index (χ3v) is 8.99. The number of benzene rings is 2. The van der Waals surface area contributed by atoms with E-state index in [9.17, 15) is 14.0 Å². The van der Waals surface area contributed by atoms with Crippen molar-refractivity contribution in [3.8, 4) is 0 Å². The molecule has 10 heteroatoms. The van der Waals surface area contributed by atoms with Crippen LogP contribution in [-0.4, -0.2) is 65.4 Å². The molecule has 0 aliphatic carbocycles. The molecule has 0 saturated carbocycles. The van der Waals surface area contributed by atoms with E-state index in [1.54, 1.807) is 46.6 Å². The van der Waals surface area contributed by atoms with E-state index < -0.39 is 0 Å². The first kappa shape index (κ1) is 26.9. The maximum Gasteiger partial charge on any atom is 0.322 e. The molecule has 1 N–H and O–H groups in total. The molecule has 2 aromatic carbocycles. The number of halogens is 3. The van der Waals surface area contributed by atoms with Crippen LogP contribution in [0.5, 0.6) is 0 Å². The maximum absolute atomic E-state index is 14.1. The van der Waals surface area contributed by atoms with Crippen LogP contribution >= 0.6 is 34.5 Å². The van der Waals surface area contributed by atoms with Crippen LogP contribution in [0, 0.1) is 5.82 Å². The van der Waals surface area contributed by atoms with Crippen molar-refractivity contribution in [1.29, 1.82) is 0 Å². The van der Waals surface area contributed by atoms with Gasteiger partial charge in [-0.15, -0.1) is 11.3 Å². The number of hydrogen-bond donors (Lipinski definition) is 1. The predicted molar refractivity (Wildman–Crippen MR) is 151 cm³/mol. The minimum atomic E-state index is -0.254. The summed E-state index contributed by atoms with van der Waals surface area (Å²) in [5, 5.41) is 5.74. The molecule has 3 aromatic rings. The van der Waals surface area contributed by atoms with Crippen molar-refractivity contribution >= 4 is 52.2 Å². The van der Waals surface area contributed by atoms with Gasteiger partial charge in [-0.05, 0) is 66.2 Å². The van der Waals surface area contributed by atoms with Gasteiger partial charge in [0.1, 0.15) is 5.82 Å². The zero-order chi connectivity index (χ0) is 26.8. The molecule has 200 valence electrons. The molecule has 1 saturated heterocycles. The van der Waals surface area contributed by atoms with Gasteiger partial charge < -0.3 is 15.1 Å². The zero-order valence-corrected chi connectivity index (χ0v) is 23.3. The van der Waals surface area contributed by atoms with Crippen LogP contribution in [0.4, 0.5) is 14.9 Å². The molecule has 0 spiro atoms. The largest absolute Gasteiger partial charge is 0.339 e. The molecule has 2 atom stereocenters. The average molecular weight is 576 g/mol. The Morgan fingerprint density at radius 3 is 2.68 bits per heavy atom. The second-order valence-corrected chi connectivity index (χ2v) is 11.5. The lowest BCUT2D eigenvalue weighted by atomic mass is 9.93. The van der Waals surface area contributed by atoms with Crippen LogP contribution in [0.1, 0.15) is 35.4 Å². The molecule has 0 bridgehead atoms. The number of hydrogen-bond acceptors (Lipinski definition) is 4. The summed E-state index contributed by atoms with van der Waals surface area (Å²) in [4.78, 5) is 33.2. The first-order valence-corrected chi connectivity index (χ1v) is 14.3. The van der Waals surface area contributed by atoms with Crippen molar-refractivity contribution < 1.29 is 14.0 Å². The predicted octanol–water partition coefficient (Wildman–Crippen LogP) is 6.30. The molecular formula is C28H29Cl2FN4O2S. The number of carbonyl (C=O) groups excluding carboxylic acids is 2. The number of nitrogens with zero attached hydrogens (tertiary/aromatic N) is 3. The number of anilines is 1. The van der Waals surface area contributed by atoms with Crippen LogP contribution in [0.15, 0.2) is 53.9 Å². The Morgan fingerprint density at radius 2 is 1.92 bits per heavy atom. The molecule has 5 rings (SSSR count). The molecule has 3 amide bonds. The Kier molecular flexibility index (Phi) is 8.23. The highest BCUT2D eigenvalue weighted by Gasteiger charge is 2.32. The fourth-order valence-corrected chi connectivity index (χ4v) is 6.53.